The second-order valence-electron chi connectivity index (χ2n) is 8.27. The number of aromatic amines is 1. The molecule has 1 aromatic heterocycles. The molecule has 10 heteroatoms. The first-order chi connectivity index (χ1) is 16.7. The van der Waals surface area contributed by atoms with Gasteiger partial charge in [-0.1, -0.05) is 24.3 Å². The SMILES string of the molecule is CNc1[nH]ccc1C(=N)N1CCCC(c2ccc(OC(F)(F)F)c(NC(=O)c3ccccc3)c2)C1. The Morgan fingerprint density at radius 2 is 1.94 bits per heavy atom. The van der Waals surface area contributed by atoms with Crippen molar-refractivity contribution in [2.45, 2.75) is 25.1 Å². The smallest absolute Gasteiger partial charge is 0.404 e. The minimum atomic E-state index is -4.90. The van der Waals surface area contributed by atoms with Crippen molar-refractivity contribution in [3.05, 3.63) is 77.5 Å². The molecule has 1 saturated heterocycles. The van der Waals surface area contributed by atoms with Crippen LogP contribution in [0, 0.1) is 5.41 Å². The number of ether oxygens (including phenoxy) is 1. The van der Waals surface area contributed by atoms with E-state index >= 15 is 0 Å². The Labute approximate surface area is 200 Å². The summed E-state index contributed by atoms with van der Waals surface area (Å²) in [5, 5.41) is 14.3. The first-order valence-electron chi connectivity index (χ1n) is 11.2. The number of nitrogens with zero attached hydrogens (tertiary/aromatic N) is 1. The maximum atomic E-state index is 13.0. The topological polar surface area (TPSA) is 93.2 Å². The van der Waals surface area contributed by atoms with Gasteiger partial charge in [0.25, 0.3) is 5.91 Å². The normalized spacial score (nSPS) is 16.0. The van der Waals surface area contributed by atoms with Crippen LogP contribution >= 0.6 is 0 Å². The number of carbonyl (C=O) groups excluding carboxylic acids is 1. The van der Waals surface area contributed by atoms with Crippen molar-refractivity contribution in [3.8, 4) is 5.75 Å². The molecule has 1 fully saturated rings. The van der Waals surface area contributed by atoms with E-state index in [0.29, 0.717) is 24.5 Å². The molecule has 0 spiro atoms. The highest BCUT2D eigenvalue weighted by atomic mass is 19.4. The molecule has 2 aromatic carbocycles. The van der Waals surface area contributed by atoms with Gasteiger partial charge in [0.1, 0.15) is 11.7 Å². The van der Waals surface area contributed by atoms with E-state index < -0.39 is 18.0 Å². The predicted molar refractivity (Wildman–Crippen MR) is 128 cm³/mol. The summed E-state index contributed by atoms with van der Waals surface area (Å²) in [5.74, 6) is 0.0748. The van der Waals surface area contributed by atoms with E-state index in [4.69, 9.17) is 5.41 Å². The van der Waals surface area contributed by atoms with E-state index in [9.17, 15) is 18.0 Å². The van der Waals surface area contributed by atoms with Crippen LogP contribution in [0.2, 0.25) is 0 Å². The number of likely N-dealkylation sites (tertiary alicyclic amines) is 1. The summed E-state index contributed by atoms with van der Waals surface area (Å²) in [6.07, 6.45) is -1.51. The van der Waals surface area contributed by atoms with E-state index in [1.165, 1.54) is 12.1 Å². The van der Waals surface area contributed by atoms with E-state index in [2.05, 4.69) is 20.4 Å². The Hall–Kier alpha value is -3.95. The molecular formula is C25H26F3N5O2. The summed E-state index contributed by atoms with van der Waals surface area (Å²) in [6, 6.07) is 14.4. The lowest BCUT2D eigenvalue weighted by molar-refractivity contribution is -0.274. The van der Waals surface area contributed by atoms with Crippen LogP contribution in [0.3, 0.4) is 0 Å². The lowest BCUT2D eigenvalue weighted by Crippen LogP contribution is -2.39. The Kier molecular flexibility index (Phi) is 6.99. The summed E-state index contributed by atoms with van der Waals surface area (Å²) in [6.45, 7) is 1.23. The van der Waals surface area contributed by atoms with Gasteiger partial charge in [-0.15, -0.1) is 13.2 Å². The molecule has 0 radical (unpaired) electrons. The van der Waals surface area contributed by atoms with E-state index in [1.54, 1.807) is 49.6 Å². The second-order valence-corrected chi connectivity index (χ2v) is 8.27. The number of carbonyl (C=O) groups is 1. The predicted octanol–water partition coefficient (Wildman–Crippen LogP) is 5.41. The van der Waals surface area contributed by atoms with Crippen molar-refractivity contribution in [3.63, 3.8) is 0 Å². The quantitative estimate of drug-likeness (QED) is 0.277. The summed E-state index contributed by atoms with van der Waals surface area (Å²) in [4.78, 5) is 17.7. The van der Waals surface area contributed by atoms with Crippen molar-refractivity contribution in [2.24, 2.45) is 0 Å². The Morgan fingerprint density at radius 3 is 2.66 bits per heavy atom. The van der Waals surface area contributed by atoms with Gasteiger partial charge in [0.05, 0.1) is 11.3 Å². The fraction of sp³-hybridized carbons (Fsp3) is 0.280. The molecule has 2 heterocycles. The maximum absolute atomic E-state index is 13.0. The van der Waals surface area contributed by atoms with Gasteiger partial charge < -0.3 is 25.3 Å². The average Bonchev–Trinajstić information content (AvgIpc) is 3.33. The lowest BCUT2D eigenvalue weighted by atomic mass is 9.90. The number of aromatic nitrogens is 1. The molecule has 1 aliphatic heterocycles. The highest BCUT2D eigenvalue weighted by molar-refractivity contribution is 6.05. The van der Waals surface area contributed by atoms with E-state index in [0.717, 1.165) is 29.8 Å². The van der Waals surface area contributed by atoms with Crippen LogP contribution in [0.4, 0.5) is 24.7 Å². The minimum Gasteiger partial charge on any atom is -0.404 e. The molecule has 4 N–H and O–H groups in total. The molecule has 35 heavy (non-hydrogen) atoms. The van der Waals surface area contributed by atoms with Gasteiger partial charge in [-0.2, -0.15) is 0 Å². The molecule has 3 aromatic rings. The molecule has 4 rings (SSSR count). The zero-order valence-corrected chi connectivity index (χ0v) is 19.1. The third-order valence-corrected chi connectivity index (χ3v) is 5.97. The van der Waals surface area contributed by atoms with Crippen LogP contribution in [0.15, 0.2) is 60.8 Å². The first-order valence-corrected chi connectivity index (χ1v) is 11.2. The summed E-state index contributed by atoms with van der Waals surface area (Å²) >= 11 is 0. The molecule has 0 bridgehead atoms. The molecular weight excluding hydrogens is 459 g/mol. The largest absolute Gasteiger partial charge is 0.573 e. The van der Waals surface area contributed by atoms with Crippen LogP contribution in [0.1, 0.15) is 40.2 Å². The second kappa shape index (κ2) is 10.1. The number of amidine groups is 1. The number of halogens is 3. The molecule has 7 nitrogen and oxygen atoms in total. The number of H-pyrrole nitrogens is 1. The standard InChI is InChI=1S/C25H26F3N5O2/c1-30-23-19(11-12-31-23)22(29)33-13-5-8-18(15-33)17-9-10-21(35-25(26,27)28)20(14-17)32-24(34)16-6-3-2-4-7-16/h2-4,6-7,9-12,14,18,29-31H,5,8,13,15H2,1H3,(H,32,34). The highest BCUT2D eigenvalue weighted by Crippen LogP contribution is 2.36. The lowest BCUT2D eigenvalue weighted by Gasteiger charge is -2.35. The third kappa shape index (κ3) is 5.76. The number of hydrogen-bond donors (Lipinski definition) is 4. The number of nitrogens with one attached hydrogen (secondary N) is 4. The third-order valence-electron chi connectivity index (χ3n) is 5.97. The maximum Gasteiger partial charge on any atom is 0.573 e. The molecule has 0 saturated carbocycles. The number of amides is 1. The summed E-state index contributed by atoms with van der Waals surface area (Å²) in [5.41, 5.74) is 1.78. The van der Waals surface area contributed by atoms with Gasteiger partial charge in [0.15, 0.2) is 5.75 Å². The van der Waals surface area contributed by atoms with Crippen LogP contribution in [-0.2, 0) is 0 Å². The fourth-order valence-corrected chi connectivity index (χ4v) is 4.29. The van der Waals surface area contributed by atoms with Crippen molar-refractivity contribution >= 4 is 23.2 Å². The van der Waals surface area contributed by atoms with Gasteiger partial charge in [-0.3, -0.25) is 10.2 Å². The molecule has 0 aliphatic carbocycles. The van der Waals surface area contributed by atoms with E-state index in [1.807, 2.05) is 11.0 Å². The van der Waals surface area contributed by atoms with Crippen molar-refractivity contribution < 1.29 is 22.7 Å². The van der Waals surface area contributed by atoms with Crippen molar-refractivity contribution in [1.82, 2.24) is 9.88 Å². The van der Waals surface area contributed by atoms with Gasteiger partial charge in [-0.05, 0) is 48.7 Å². The Balaban J connectivity index is 1.58. The molecule has 1 unspecified atom stereocenters. The first kappa shape index (κ1) is 24.2. The number of alkyl halides is 3. The van der Waals surface area contributed by atoms with Crippen molar-refractivity contribution in [2.75, 3.05) is 30.8 Å². The molecule has 1 aliphatic rings. The Bertz CT molecular complexity index is 1190. The summed E-state index contributed by atoms with van der Waals surface area (Å²) in [7, 11) is 1.78. The van der Waals surface area contributed by atoms with Crippen LogP contribution in [-0.4, -0.2) is 48.1 Å². The van der Waals surface area contributed by atoms with Crippen LogP contribution < -0.4 is 15.4 Å². The van der Waals surface area contributed by atoms with E-state index in [-0.39, 0.29) is 11.6 Å². The molecule has 1 amide bonds. The number of piperidine rings is 1. The fourth-order valence-electron chi connectivity index (χ4n) is 4.29. The monoisotopic (exact) mass is 485 g/mol. The average molecular weight is 486 g/mol. The highest BCUT2D eigenvalue weighted by Gasteiger charge is 2.33. The minimum absolute atomic E-state index is 0.0339. The van der Waals surface area contributed by atoms with Gasteiger partial charge in [-0.25, -0.2) is 0 Å². The van der Waals surface area contributed by atoms with Gasteiger partial charge in [0.2, 0.25) is 0 Å². The van der Waals surface area contributed by atoms with Crippen molar-refractivity contribution in [1.29, 1.82) is 5.41 Å². The Morgan fingerprint density at radius 1 is 1.17 bits per heavy atom. The summed E-state index contributed by atoms with van der Waals surface area (Å²) < 4.78 is 43.2. The number of hydrogen-bond acceptors (Lipinski definition) is 4. The van der Waals surface area contributed by atoms with Crippen LogP contribution in [0.5, 0.6) is 5.75 Å². The van der Waals surface area contributed by atoms with Crippen LogP contribution in [0.25, 0.3) is 0 Å². The number of benzene rings is 2. The molecule has 1 atom stereocenters. The molecule has 184 valence electrons. The van der Waals surface area contributed by atoms with Gasteiger partial charge in [0, 0.05) is 37.8 Å². The zero-order chi connectivity index (χ0) is 25.0. The van der Waals surface area contributed by atoms with Gasteiger partial charge >= 0.3 is 6.36 Å². The number of rotatable bonds is 6. The zero-order valence-electron chi connectivity index (χ0n) is 19.1. The number of anilines is 2.